The van der Waals surface area contributed by atoms with Crippen LogP contribution < -0.4 is 5.73 Å². The SMILES string of the molecule is Cc1nc(SC2CCCC2CN)n[nH]1. The van der Waals surface area contributed by atoms with Gasteiger partial charge < -0.3 is 5.73 Å². The first kappa shape index (κ1) is 9.98. The maximum atomic E-state index is 5.72. The van der Waals surface area contributed by atoms with Crippen molar-refractivity contribution >= 4 is 11.8 Å². The fourth-order valence-electron chi connectivity index (χ4n) is 1.94. The Balaban J connectivity index is 1.96. The predicted octanol–water partition coefficient (Wildman–Crippen LogP) is 1.33. The minimum absolute atomic E-state index is 0.621. The highest BCUT2D eigenvalue weighted by atomic mass is 32.2. The number of aromatic amines is 1. The van der Waals surface area contributed by atoms with Crippen LogP contribution >= 0.6 is 11.8 Å². The number of hydrogen-bond acceptors (Lipinski definition) is 4. The van der Waals surface area contributed by atoms with Crippen molar-refractivity contribution in [3.63, 3.8) is 0 Å². The van der Waals surface area contributed by atoms with Crippen molar-refractivity contribution in [2.24, 2.45) is 11.7 Å². The molecule has 1 aromatic rings. The van der Waals surface area contributed by atoms with Crippen LogP contribution in [0.3, 0.4) is 0 Å². The van der Waals surface area contributed by atoms with Gasteiger partial charge in [0.1, 0.15) is 5.82 Å². The molecule has 14 heavy (non-hydrogen) atoms. The Morgan fingerprint density at radius 1 is 1.57 bits per heavy atom. The van der Waals surface area contributed by atoms with Crippen LogP contribution in [0.5, 0.6) is 0 Å². The van der Waals surface area contributed by atoms with Gasteiger partial charge in [-0.25, -0.2) is 4.98 Å². The number of rotatable bonds is 3. The van der Waals surface area contributed by atoms with E-state index in [2.05, 4.69) is 15.2 Å². The molecular weight excluding hydrogens is 196 g/mol. The maximum Gasteiger partial charge on any atom is 0.208 e. The molecule has 1 aliphatic rings. The molecule has 78 valence electrons. The van der Waals surface area contributed by atoms with Gasteiger partial charge >= 0.3 is 0 Å². The second-order valence-corrected chi connectivity index (χ2v) is 4.99. The molecule has 0 bridgehead atoms. The van der Waals surface area contributed by atoms with Gasteiger partial charge in [0.15, 0.2) is 0 Å². The molecule has 3 N–H and O–H groups in total. The molecule has 4 nitrogen and oxygen atoms in total. The molecule has 0 radical (unpaired) electrons. The number of aryl methyl sites for hydroxylation is 1. The molecule has 1 fully saturated rings. The number of nitrogens with one attached hydrogen (secondary N) is 1. The number of nitrogens with zero attached hydrogens (tertiary/aromatic N) is 2. The van der Waals surface area contributed by atoms with Gasteiger partial charge in [-0.3, -0.25) is 5.10 Å². The highest BCUT2D eigenvalue weighted by Crippen LogP contribution is 2.36. The van der Waals surface area contributed by atoms with E-state index < -0.39 is 0 Å². The Hall–Kier alpha value is -0.550. The van der Waals surface area contributed by atoms with E-state index in [1.165, 1.54) is 19.3 Å². The van der Waals surface area contributed by atoms with E-state index in [0.717, 1.165) is 17.5 Å². The first-order chi connectivity index (χ1) is 6.79. The topological polar surface area (TPSA) is 67.6 Å². The fraction of sp³-hybridized carbons (Fsp3) is 0.778. The lowest BCUT2D eigenvalue weighted by atomic mass is 10.1. The predicted molar refractivity (Wildman–Crippen MR) is 57.2 cm³/mol. The zero-order valence-corrected chi connectivity index (χ0v) is 9.18. The van der Waals surface area contributed by atoms with Gasteiger partial charge in [0.05, 0.1) is 0 Å². The molecule has 0 amide bonds. The molecule has 0 aromatic carbocycles. The molecular formula is C9H16N4S. The summed E-state index contributed by atoms with van der Waals surface area (Å²) in [7, 11) is 0. The van der Waals surface area contributed by atoms with E-state index in [0.29, 0.717) is 11.2 Å². The van der Waals surface area contributed by atoms with Crippen LogP contribution in [0.15, 0.2) is 5.16 Å². The summed E-state index contributed by atoms with van der Waals surface area (Å²) in [5, 5.41) is 8.49. The van der Waals surface area contributed by atoms with E-state index >= 15 is 0 Å². The van der Waals surface area contributed by atoms with Crippen LogP contribution in [0, 0.1) is 12.8 Å². The third kappa shape index (κ3) is 2.09. The average Bonchev–Trinajstić information content (AvgIpc) is 2.76. The summed E-state index contributed by atoms with van der Waals surface area (Å²) in [4.78, 5) is 4.30. The molecule has 0 aliphatic heterocycles. The van der Waals surface area contributed by atoms with Gasteiger partial charge in [-0.1, -0.05) is 18.2 Å². The van der Waals surface area contributed by atoms with Gasteiger partial charge in [0, 0.05) is 5.25 Å². The van der Waals surface area contributed by atoms with Crippen molar-refractivity contribution in [3.05, 3.63) is 5.82 Å². The normalized spacial score (nSPS) is 27.0. The molecule has 2 rings (SSSR count). The van der Waals surface area contributed by atoms with Gasteiger partial charge in [0.2, 0.25) is 5.16 Å². The third-order valence-corrected chi connectivity index (χ3v) is 4.04. The molecule has 0 saturated heterocycles. The highest BCUT2D eigenvalue weighted by molar-refractivity contribution is 7.99. The largest absolute Gasteiger partial charge is 0.330 e. The molecule has 1 saturated carbocycles. The Labute approximate surface area is 88.1 Å². The average molecular weight is 212 g/mol. The van der Waals surface area contributed by atoms with Crippen molar-refractivity contribution in [2.45, 2.75) is 36.6 Å². The maximum absolute atomic E-state index is 5.72. The number of aromatic nitrogens is 3. The van der Waals surface area contributed by atoms with Crippen molar-refractivity contribution < 1.29 is 0 Å². The number of hydrogen-bond donors (Lipinski definition) is 2. The molecule has 5 heteroatoms. The molecule has 1 aromatic heterocycles. The summed E-state index contributed by atoms with van der Waals surface area (Å²) in [5.74, 6) is 1.54. The second kappa shape index (κ2) is 4.31. The summed E-state index contributed by atoms with van der Waals surface area (Å²) in [6.07, 6.45) is 3.81. The zero-order valence-electron chi connectivity index (χ0n) is 8.36. The Morgan fingerprint density at radius 2 is 2.43 bits per heavy atom. The van der Waals surface area contributed by atoms with Gasteiger partial charge in [0.25, 0.3) is 0 Å². The Morgan fingerprint density at radius 3 is 3.07 bits per heavy atom. The van der Waals surface area contributed by atoms with E-state index in [-0.39, 0.29) is 0 Å². The molecule has 1 heterocycles. The summed E-state index contributed by atoms with van der Waals surface area (Å²) in [6.45, 7) is 2.72. The zero-order chi connectivity index (χ0) is 9.97. The summed E-state index contributed by atoms with van der Waals surface area (Å²) in [6, 6.07) is 0. The lowest BCUT2D eigenvalue weighted by molar-refractivity contribution is 0.572. The van der Waals surface area contributed by atoms with Crippen molar-refractivity contribution in [2.75, 3.05) is 6.54 Å². The van der Waals surface area contributed by atoms with E-state index in [9.17, 15) is 0 Å². The number of thioether (sulfide) groups is 1. The fourth-order valence-corrected chi connectivity index (χ4v) is 3.22. The van der Waals surface area contributed by atoms with Crippen LogP contribution in [0.2, 0.25) is 0 Å². The Kier molecular flexibility index (Phi) is 3.08. The minimum atomic E-state index is 0.621. The lowest BCUT2D eigenvalue weighted by Gasteiger charge is -2.14. The molecule has 1 aliphatic carbocycles. The summed E-state index contributed by atoms with van der Waals surface area (Å²) in [5.41, 5.74) is 5.72. The summed E-state index contributed by atoms with van der Waals surface area (Å²) < 4.78 is 0. The molecule has 2 unspecified atom stereocenters. The minimum Gasteiger partial charge on any atom is -0.330 e. The van der Waals surface area contributed by atoms with Crippen molar-refractivity contribution in [3.8, 4) is 0 Å². The highest BCUT2D eigenvalue weighted by Gasteiger charge is 2.27. The van der Waals surface area contributed by atoms with E-state index in [1.807, 2.05) is 6.92 Å². The quantitative estimate of drug-likeness (QED) is 0.793. The first-order valence-electron chi connectivity index (χ1n) is 5.05. The Bertz CT molecular complexity index is 299. The third-order valence-electron chi connectivity index (χ3n) is 2.73. The monoisotopic (exact) mass is 212 g/mol. The van der Waals surface area contributed by atoms with Crippen LogP contribution in [0.4, 0.5) is 0 Å². The van der Waals surface area contributed by atoms with E-state index in [4.69, 9.17) is 5.73 Å². The van der Waals surface area contributed by atoms with E-state index in [1.54, 1.807) is 11.8 Å². The van der Waals surface area contributed by atoms with Crippen LogP contribution in [0.1, 0.15) is 25.1 Å². The van der Waals surface area contributed by atoms with Gasteiger partial charge in [-0.05, 0) is 32.2 Å². The van der Waals surface area contributed by atoms with Crippen LogP contribution in [-0.2, 0) is 0 Å². The number of H-pyrrole nitrogens is 1. The van der Waals surface area contributed by atoms with Crippen LogP contribution in [0.25, 0.3) is 0 Å². The second-order valence-electron chi connectivity index (χ2n) is 3.79. The van der Waals surface area contributed by atoms with Gasteiger partial charge in [-0.15, -0.1) is 5.10 Å². The summed E-state index contributed by atoms with van der Waals surface area (Å²) >= 11 is 1.77. The van der Waals surface area contributed by atoms with Crippen molar-refractivity contribution in [1.29, 1.82) is 0 Å². The standard InChI is InChI=1S/C9H16N4S/c1-6-11-9(13-12-6)14-8-4-2-3-7(8)5-10/h7-8H,2-5,10H2,1H3,(H,11,12,13). The molecule has 0 spiro atoms. The molecule has 2 atom stereocenters. The smallest absolute Gasteiger partial charge is 0.208 e. The van der Waals surface area contributed by atoms with Gasteiger partial charge in [-0.2, -0.15) is 0 Å². The van der Waals surface area contributed by atoms with Crippen LogP contribution in [-0.4, -0.2) is 27.0 Å². The number of nitrogens with two attached hydrogens (primary N) is 1. The van der Waals surface area contributed by atoms with Crippen molar-refractivity contribution in [1.82, 2.24) is 15.2 Å². The lowest BCUT2D eigenvalue weighted by Crippen LogP contribution is -2.20. The first-order valence-corrected chi connectivity index (χ1v) is 5.93.